The summed E-state index contributed by atoms with van der Waals surface area (Å²) in [5, 5.41) is 3.80. The van der Waals surface area contributed by atoms with E-state index in [2.05, 4.69) is 39.1 Å². The second-order valence-electron chi connectivity index (χ2n) is 5.59. The number of rotatable bonds is 4. The molecule has 17 heavy (non-hydrogen) atoms. The van der Waals surface area contributed by atoms with Crippen molar-refractivity contribution in [3.63, 3.8) is 0 Å². The fourth-order valence-electron chi connectivity index (χ4n) is 3.16. The Morgan fingerprint density at radius 3 is 2.41 bits per heavy atom. The van der Waals surface area contributed by atoms with Crippen LogP contribution in [0, 0.1) is 19.8 Å². The van der Waals surface area contributed by atoms with E-state index in [1.54, 1.807) is 0 Å². The summed E-state index contributed by atoms with van der Waals surface area (Å²) in [5.41, 5.74) is 1.50. The highest BCUT2D eigenvalue weighted by atomic mass is 32.1. The Bertz CT molecular complexity index is 363. The molecular formula is C15H25NS. The minimum Gasteiger partial charge on any atom is -0.307 e. The molecule has 1 nitrogen and oxygen atoms in total. The molecule has 0 amide bonds. The molecule has 0 spiro atoms. The normalized spacial score (nSPS) is 20.7. The molecule has 1 fully saturated rings. The van der Waals surface area contributed by atoms with E-state index < -0.39 is 0 Å². The van der Waals surface area contributed by atoms with Gasteiger partial charge in [-0.3, -0.25) is 0 Å². The lowest BCUT2D eigenvalue weighted by Crippen LogP contribution is -2.34. The summed E-state index contributed by atoms with van der Waals surface area (Å²) in [6.07, 6.45) is 5.70. The van der Waals surface area contributed by atoms with Gasteiger partial charge in [0.1, 0.15) is 0 Å². The zero-order chi connectivity index (χ0) is 12.4. The topological polar surface area (TPSA) is 12.0 Å². The van der Waals surface area contributed by atoms with Crippen LogP contribution in [-0.4, -0.2) is 6.04 Å². The van der Waals surface area contributed by atoms with Crippen LogP contribution in [0.4, 0.5) is 0 Å². The summed E-state index contributed by atoms with van der Waals surface area (Å²) in [6, 6.07) is 3.50. The highest BCUT2D eigenvalue weighted by Gasteiger charge is 2.23. The summed E-state index contributed by atoms with van der Waals surface area (Å²) in [4.78, 5) is 2.90. The molecule has 0 bridgehead atoms. The van der Waals surface area contributed by atoms with Gasteiger partial charge in [-0.1, -0.05) is 12.8 Å². The van der Waals surface area contributed by atoms with Gasteiger partial charge in [-0.25, -0.2) is 0 Å². The van der Waals surface area contributed by atoms with Gasteiger partial charge in [-0.15, -0.1) is 11.3 Å². The number of thiophene rings is 1. The second kappa shape index (κ2) is 5.53. The quantitative estimate of drug-likeness (QED) is 0.825. The molecule has 1 aliphatic rings. The van der Waals surface area contributed by atoms with Crippen LogP contribution in [0.25, 0.3) is 0 Å². The zero-order valence-electron chi connectivity index (χ0n) is 11.5. The average molecular weight is 251 g/mol. The Kier molecular flexibility index (Phi) is 4.26. The van der Waals surface area contributed by atoms with E-state index in [1.165, 1.54) is 41.0 Å². The molecule has 0 radical (unpaired) electrons. The van der Waals surface area contributed by atoms with E-state index in [4.69, 9.17) is 0 Å². The number of hydrogen-bond donors (Lipinski definition) is 1. The van der Waals surface area contributed by atoms with Crippen LogP contribution in [0.1, 0.15) is 60.9 Å². The van der Waals surface area contributed by atoms with Crippen molar-refractivity contribution in [2.24, 2.45) is 5.92 Å². The van der Waals surface area contributed by atoms with Crippen LogP contribution in [0.3, 0.4) is 0 Å². The summed E-state index contributed by atoms with van der Waals surface area (Å²) < 4.78 is 0. The van der Waals surface area contributed by atoms with E-state index in [-0.39, 0.29) is 0 Å². The largest absolute Gasteiger partial charge is 0.307 e. The third-order valence-corrected chi connectivity index (χ3v) is 5.15. The van der Waals surface area contributed by atoms with Gasteiger partial charge < -0.3 is 5.32 Å². The van der Waals surface area contributed by atoms with E-state index in [0.717, 1.165) is 5.92 Å². The first-order chi connectivity index (χ1) is 8.08. The summed E-state index contributed by atoms with van der Waals surface area (Å²) in [7, 11) is 0. The maximum absolute atomic E-state index is 3.80. The Balaban J connectivity index is 1.96. The third-order valence-electron chi connectivity index (χ3n) is 4.17. The van der Waals surface area contributed by atoms with Crippen molar-refractivity contribution in [1.29, 1.82) is 0 Å². The fraction of sp³-hybridized carbons (Fsp3) is 0.733. The molecule has 0 saturated heterocycles. The SMILES string of the molecule is Cc1cc(C(C)N[C@@H](C)C2CCCC2)c(C)s1. The van der Waals surface area contributed by atoms with Crippen LogP contribution in [0.2, 0.25) is 0 Å². The molecule has 0 aliphatic heterocycles. The first-order valence-corrected chi connectivity index (χ1v) is 7.72. The van der Waals surface area contributed by atoms with E-state index in [1.807, 2.05) is 11.3 Å². The highest BCUT2D eigenvalue weighted by molar-refractivity contribution is 7.12. The minimum atomic E-state index is 0.496. The first-order valence-electron chi connectivity index (χ1n) is 6.91. The van der Waals surface area contributed by atoms with Gasteiger partial charge in [0.05, 0.1) is 0 Å². The molecule has 2 atom stereocenters. The Morgan fingerprint density at radius 1 is 1.24 bits per heavy atom. The van der Waals surface area contributed by atoms with E-state index in [0.29, 0.717) is 12.1 Å². The molecule has 2 heteroatoms. The molecule has 1 aromatic heterocycles. The Labute approximate surface area is 110 Å². The van der Waals surface area contributed by atoms with Crippen molar-refractivity contribution < 1.29 is 0 Å². The second-order valence-corrected chi connectivity index (χ2v) is 7.05. The van der Waals surface area contributed by atoms with Crippen LogP contribution in [0.15, 0.2) is 6.07 Å². The summed E-state index contributed by atoms with van der Waals surface area (Å²) >= 11 is 1.92. The predicted molar refractivity (Wildman–Crippen MR) is 76.8 cm³/mol. The van der Waals surface area contributed by atoms with Crippen molar-refractivity contribution in [3.05, 3.63) is 21.4 Å². The maximum Gasteiger partial charge on any atom is 0.0305 e. The van der Waals surface area contributed by atoms with E-state index in [9.17, 15) is 0 Å². The molecule has 96 valence electrons. The molecule has 1 saturated carbocycles. The van der Waals surface area contributed by atoms with Crippen LogP contribution in [-0.2, 0) is 0 Å². The molecule has 2 rings (SSSR count). The van der Waals surface area contributed by atoms with Gasteiger partial charge >= 0.3 is 0 Å². The molecule has 1 aliphatic carbocycles. The highest BCUT2D eigenvalue weighted by Crippen LogP contribution is 2.30. The van der Waals surface area contributed by atoms with Crippen molar-refractivity contribution in [2.75, 3.05) is 0 Å². The fourth-order valence-corrected chi connectivity index (χ4v) is 4.18. The Morgan fingerprint density at radius 2 is 1.88 bits per heavy atom. The smallest absolute Gasteiger partial charge is 0.0305 e. The van der Waals surface area contributed by atoms with Crippen LogP contribution < -0.4 is 5.32 Å². The Hall–Kier alpha value is -0.340. The van der Waals surface area contributed by atoms with Crippen molar-refractivity contribution in [3.8, 4) is 0 Å². The van der Waals surface area contributed by atoms with Crippen LogP contribution in [0.5, 0.6) is 0 Å². The first kappa shape index (κ1) is 13.1. The number of nitrogens with one attached hydrogen (secondary N) is 1. The van der Waals surface area contributed by atoms with Crippen LogP contribution >= 0.6 is 11.3 Å². The van der Waals surface area contributed by atoms with Gasteiger partial charge in [0.25, 0.3) is 0 Å². The van der Waals surface area contributed by atoms with Gasteiger partial charge in [0.15, 0.2) is 0 Å². The molecular weight excluding hydrogens is 226 g/mol. The van der Waals surface area contributed by atoms with Crippen molar-refractivity contribution in [2.45, 2.75) is 65.5 Å². The molecule has 1 aromatic rings. The average Bonchev–Trinajstić information content (AvgIpc) is 2.87. The van der Waals surface area contributed by atoms with Gasteiger partial charge in [0.2, 0.25) is 0 Å². The lowest BCUT2D eigenvalue weighted by Gasteiger charge is -2.25. The number of aryl methyl sites for hydroxylation is 2. The molecule has 1 heterocycles. The lowest BCUT2D eigenvalue weighted by atomic mass is 9.98. The van der Waals surface area contributed by atoms with Gasteiger partial charge in [-0.2, -0.15) is 0 Å². The number of hydrogen-bond acceptors (Lipinski definition) is 2. The minimum absolute atomic E-state index is 0.496. The van der Waals surface area contributed by atoms with Gasteiger partial charge in [-0.05, 0) is 58.1 Å². The standard InChI is InChI=1S/C15H25NS/c1-10-9-15(13(4)17-10)12(3)16-11(2)14-7-5-6-8-14/h9,11-12,14,16H,5-8H2,1-4H3/t11-,12?/m0/s1. The maximum atomic E-state index is 3.80. The molecule has 0 aromatic carbocycles. The molecule has 1 unspecified atom stereocenters. The summed E-state index contributed by atoms with van der Waals surface area (Å²) in [5.74, 6) is 0.900. The van der Waals surface area contributed by atoms with E-state index >= 15 is 0 Å². The summed E-state index contributed by atoms with van der Waals surface area (Å²) in [6.45, 7) is 9.11. The molecule has 1 N–H and O–H groups in total. The lowest BCUT2D eigenvalue weighted by molar-refractivity contribution is 0.352. The van der Waals surface area contributed by atoms with Gasteiger partial charge in [0, 0.05) is 21.8 Å². The van der Waals surface area contributed by atoms with Crippen molar-refractivity contribution in [1.82, 2.24) is 5.32 Å². The zero-order valence-corrected chi connectivity index (χ0v) is 12.4. The van der Waals surface area contributed by atoms with Crippen molar-refractivity contribution >= 4 is 11.3 Å². The third kappa shape index (κ3) is 3.11. The monoisotopic (exact) mass is 251 g/mol. The predicted octanol–water partition coefficient (Wildman–Crippen LogP) is 4.59.